The smallest absolute Gasteiger partial charge is 0.174 e. The van der Waals surface area contributed by atoms with E-state index in [-0.39, 0.29) is 0 Å². The van der Waals surface area contributed by atoms with Crippen molar-refractivity contribution in [2.75, 3.05) is 6.54 Å². The van der Waals surface area contributed by atoms with Gasteiger partial charge in [0.05, 0.1) is 0 Å². The van der Waals surface area contributed by atoms with Crippen LogP contribution in [0.15, 0.2) is 4.34 Å². The van der Waals surface area contributed by atoms with Gasteiger partial charge in [0.1, 0.15) is 5.01 Å². The van der Waals surface area contributed by atoms with Crippen LogP contribution in [0.25, 0.3) is 0 Å². The van der Waals surface area contributed by atoms with E-state index in [4.69, 9.17) is 0 Å². The third kappa shape index (κ3) is 3.93. The van der Waals surface area contributed by atoms with Gasteiger partial charge in [-0.2, -0.15) is 0 Å². The molecule has 0 amide bonds. The topological polar surface area (TPSA) is 37.8 Å². The van der Waals surface area contributed by atoms with Gasteiger partial charge in [0.15, 0.2) is 4.34 Å². The Morgan fingerprint density at radius 2 is 2.12 bits per heavy atom. The molecule has 1 aliphatic rings. The van der Waals surface area contributed by atoms with Crippen molar-refractivity contribution in [2.24, 2.45) is 0 Å². The van der Waals surface area contributed by atoms with Crippen molar-refractivity contribution < 1.29 is 0 Å². The molecule has 17 heavy (non-hydrogen) atoms. The highest BCUT2D eigenvalue weighted by Gasteiger charge is 2.24. The summed E-state index contributed by atoms with van der Waals surface area (Å²) < 4.78 is 1.14. The van der Waals surface area contributed by atoms with Gasteiger partial charge in [0.25, 0.3) is 0 Å². The quantitative estimate of drug-likeness (QED) is 0.853. The fourth-order valence-corrected chi connectivity index (χ4v) is 4.74. The summed E-state index contributed by atoms with van der Waals surface area (Å²) in [5.74, 6) is 0. The van der Waals surface area contributed by atoms with Gasteiger partial charge in [-0.05, 0) is 26.3 Å². The molecular weight excluding hydrogens is 250 g/mol. The van der Waals surface area contributed by atoms with Crippen LogP contribution >= 0.6 is 23.1 Å². The number of rotatable bonds is 4. The lowest BCUT2D eigenvalue weighted by atomic mass is 10.1. The van der Waals surface area contributed by atoms with Crippen molar-refractivity contribution in [3.05, 3.63) is 5.01 Å². The summed E-state index contributed by atoms with van der Waals surface area (Å²) in [6.45, 7) is 5.29. The number of aromatic nitrogens is 2. The largest absolute Gasteiger partial charge is 0.313 e. The molecule has 1 aromatic heterocycles. The normalized spacial score (nSPS) is 25.8. The van der Waals surface area contributed by atoms with Crippen LogP contribution in [-0.4, -0.2) is 28.0 Å². The van der Waals surface area contributed by atoms with Gasteiger partial charge < -0.3 is 5.32 Å². The number of thioether (sulfide) groups is 1. The minimum atomic E-state index is 0.650. The van der Waals surface area contributed by atoms with Crippen molar-refractivity contribution >= 4 is 23.1 Å². The maximum atomic E-state index is 4.24. The van der Waals surface area contributed by atoms with E-state index >= 15 is 0 Å². The Labute approximate surface area is 112 Å². The van der Waals surface area contributed by atoms with Crippen LogP contribution in [-0.2, 0) is 0 Å². The molecule has 96 valence electrons. The van der Waals surface area contributed by atoms with Gasteiger partial charge in [0, 0.05) is 11.3 Å². The first kappa shape index (κ1) is 13.3. The Morgan fingerprint density at radius 3 is 2.82 bits per heavy atom. The second-order valence-electron chi connectivity index (χ2n) is 4.55. The van der Waals surface area contributed by atoms with Crippen molar-refractivity contribution in [1.29, 1.82) is 0 Å². The Bertz CT molecular complexity index is 340. The van der Waals surface area contributed by atoms with E-state index < -0.39 is 0 Å². The Balaban J connectivity index is 1.99. The van der Waals surface area contributed by atoms with Crippen LogP contribution in [0.3, 0.4) is 0 Å². The lowest BCUT2D eigenvalue weighted by Crippen LogP contribution is -2.37. The molecule has 3 nitrogen and oxygen atoms in total. The molecule has 1 N–H and O–H groups in total. The maximum absolute atomic E-state index is 4.24. The van der Waals surface area contributed by atoms with E-state index in [1.807, 2.05) is 18.7 Å². The fourth-order valence-electron chi connectivity index (χ4n) is 2.37. The molecule has 0 saturated heterocycles. The first-order valence-corrected chi connectivity index (χ1v) is 8.19. The molecule has 1 aromatic rings. The highest BCUT2D eigenvalue weighted by Crippen LogP contribution is 2.34. The Hall–Kier alpha value is -0.130. The molecule has 1 saturated carbocycles. The van der Waals surface area contributed by atoms with Crippen LogP contribution in [0.4, 0.5) is 0 Å². The summed E-state index contributed by atoms with van der Waals surface area (Å²) in [4.78, 5) is 0. The molecule has 0 spiro atoms. The van der Waals surface area contributed by atoms with Crippen molar-refractivity contribution in [3.8, 4) is 0 Å². The molecule has 5 heteroatoms. The van der Waals surface area contributed by atoms with Crippen LogP contribution in [0.2, 0.25) is 0 Å². The number of hydrogen-bond acceptors (Lipinski definition) is 5. The summed E-state index contributed by atoms with van der Waals surface area (Å²) in [5.41, 5.74) is 0. The lowest BCUT2D eigenvalue weighted by Gasteiger charge is -2.24. The highest BCUT2D eigenvalue weighted by atomic mass is 32.2. The third-order valence-corrected chi connectivity index (χ3v) is 5.50. The fraction of sp³-hybridized carbons (Fsp3) is 0.833. The van der Waals surface area contributed by atoms with Crippen LogP contribution < -0.4 is 5.32 Å². The zero-order chi connectivity index (χ0) is 12.1. The monoisotopic (exact) mass is 271 g/mol. The van der Waals surface area contributed by atoms with Gasteiger partial charge in [-0.25, -0.2) is 0 Å². The summed E-state index contributed by atoms with van der Waals surface area (Å²) in [7, 11) is 0. The number of hydrogen-bond donors (Lipinski definition) is 1. The maximum Gasteiger partial charge on any atom is 0.174 e. The molecule has 2 unspecified atom stereocenters. The second kappa shape index (κ2) is 6.71. The van der Waals surface area contributed by atoms with E-state index in [2.05, 4.69) is 22.4 Å². The molecule has 1 aliphatic carbocycles. The van der Waals surface area contributed by atoms with Gasteiger partial charge in [-0.15, -0.1) is 10.2 Å². The molecule has 1 fully saturated rings. The first-order valence-electron chi connectivity index (χ1n) is 6.49. The number of aryl methyl sites for hydroxylation is 1. The van der Waals surface area contributed by atoms with E-state index in [0.717, 1.165) is 15.9 Å². The summed E-state index contributed by atoms with van der Waals surface area (Å²) >= 11 is 3.65. The summed E-state index contributed by atoms with van der Waals surface area (Å²) in [6.07, 6.45) is 6.72. The molecule has 2 rings (SSSR count). The predicted molar refractivity (Wildman–Crippen MR) is 74.8 cm³/mol. The van der Waals surface area contributed by atoms with Gasteiger partial charge >= 0.3 is 0 Å². The minimum Gasteiger partial charge on any atom is -0.313 e. The summed E-state index contributed by atoms with van der Waals surface area (Å²) in [5, 5.41) is 13.7. The average molecular weight is 271 g/mol. The van der Waals surface area contributed by atoms with E-state index in [1.165, 1.54) is 32.1 Å². The lowest BCUT2D eigenvalue weighted by molar-refractivity contribution is 0.482. The van der Waals surface area contributed by atoms with Crippen LogP contribution in [0.5, 0.6) is 0 Å². The van der Waals surface area contributed by atoms with Gasteiger partial charge in [-0.1, -0.05) is 49.3 Å². The number of nitrogens with zero attached hydrogens (tertiary/aromatic N) is 2. The third-order valence-electron chi connectivity index (χ3n) is 3.18. The average Bonchev–Trinajstić information content (AvgIpc) is 2.58. The van der Waals surface area contributed by atoms with Crippen molar-refractivity contribution in [3.63, 3.8) is 0 Å². The van der Waals surface area contributed by atoms with E-state index in [9.17, 15) is 0 Å². The molecule has 0 bridgehead atoms. The SMILES string of the molecule is CCNC1CCCCCC1Sc1nnc(C)s1. The molecule has 2 atom stereocenters. The molecule has 0 aliphatic heterocycles. The van der Waals surface area contributed by atoms with Crippen molar-refractivity contribution in [2.45, 2.75) is 61.6 Å². The Kier molecular flexibility index (Phi) is 5.25. The van der Waals surface area contributed by atoms with Gasteiger partial charge in [0.2, 0.25) is 0 Å². The second-order valence-corrected chi connectivity index (χ2v) is 7.21. The molecule has 1 heterocycles. The van der Waals surface area contributed by atoms with E-state index in [0.29, 0.717) is 11.3 Å². The van der Waals surface area contributed by atoms with Crippen LogP contribution in [0.1, 0.15) is 44.0 Å². The molecule has 0 radical (unpaired) electrons. The zero-order valence-electron chi connectivity index (χ0n) is 10.6. The Morgan fingerprint density at radius 1 is 1.29 bits per heavy atom. The van der Waals surface area contributed by atoms with Crippen LogP contribution in [0, 0.1) is 6.92 Å². The van der Waals surface area contributed by atoms with E-state index in [1.54, 1.807) is 11.3 Å². The first-order chi connectivity index (χ1) is 8.29. The minimum absolute atomic E-state index is 0.650. The number of nitrogens with one attached hydrogen (secondary N) is 1. The molecule has 0 aromatic carbocycles. The standard InChI is InChI=1S/C12H21N3S2/c1-3-13-10-7-5-4-6-8-11(10)17-12-15-14-9(2)16-12/h10-11,13H,3-8H2,1-2H3. The summed E-state index contributed by atoms with van der Waals surface area (Å²) in [6, 6.07) is 0.650. The highest BCUT2D eigenvalue weighted by molar-refractivity contribution is 8.01. The van der Waals surface area contributed by atoms with Gasteiger partial charge in [-0.3, -0.25) is 0 Å². The molecular formula is C12H21N3S2. The van der Waals surface area contributed by atoms with Crippen molar-refractivity contribution in [1.82, 2.24) is 15.5 Å². The zero-order valence-corrected chi connectivity index (χ0v) is 12.2. The predicted octanol–water partition coefficient (Wildman–Crippen LogP) is 3.25.